The van der Waals surface area contributed by atoms with Crippen molar-refractivity contribution in [1.29, 1.82) is 0 Å². The second-order valence-electron chi connectivity index (χ2n) is 4.99. The molecule has 1 aliphatic heterocycles. The van der Waals surface area contributed by atoms with Crippen molar-refractivity contribution in [2.75, 3.05) is 11.1 Å². The maximum absolute atomic E-state index is 13.8. The van der Waals surface area contributed by atoms with E-state index >= 15 is 0 Å². The fourth-order valence-corrected chi connectivity index (χ4v) is 3.67. The third-order valence-electron chi connectivity index (χ3n) is 3.57. The molecule has 2 aromatic rings. The standard InChI is InChI=1S/C16H16FNOS/c1-10-9-11(19)5-6-14(10)18-15-7-8-20-16-12(15)3-2-4-13(16)17/h2-6,9,15,18-19H,7-8H2,1H3. The van der Waals surface area contributed by atoms with E-state index < -0.39 is 0 Å². The van der Waals surface area contributed by atoms with Gasteiger partial charge in [-0.25, -0.2) is 4.39 Å². The lowest BCUT2D eigenvalue weighted by atomic mass is 10.0. The molecule has 0 amide bonds. The van der Waals surface area contributed by atoms with E-state index in [1.165, 1.54) is 6.07 Å². The van der Waals surface area contributed by atoms with E-state index in [0.717, 1.165) is 33.9 Å². The first-order valence-corrected chi connectivity index (χ1v) is 7.61. The predicted molar refractivity (Wildman–Crippen MR) is 80.9 cm³/mol. The van der Waals surface area contributed by atoms with Crippen LogP contribution in [0, 0.1) is 12.7 Å². The van der Waals surface area contributed by atoms with Crippen molar-refractivity contribution in [1.82, 2.24) is 0 Å². The van der Waals surface area contributed by atoms with Crippen LogP contribution in [0.3, 0.4) is 0 Å². The Morgan fingerprint density at radius 2 is 2.15 bits per heavy atom. The largest absolute Gasteiger partial charge is 0.508 e. The molecule has 0 spiro atoms. The average molecular weight is 289 g/mol. The number of hydrogen-bond acceptors (Lipinski definition) is 3. The van der Waals surface area contributed by atoms with Crippen molar-refractivity contribution >= 4 is 17.4 Å². The molecular weight excluding hydrogens is 273 g/mol. The summed E-state index contributed by atoms with van der Waals surface area (Å²) in [5, 5.41) is 12.9. The number of hydrogen-bond donors (Lipinski definition) is 2. The highest BCUT2D eigenvalue weighted by molar-refractivity contribution is 7.99. The van der Waals surface area contributed by atoms with Crippen LogP contribution in [-0.2, 0) is 0 Å². The van der Waals surface area contributed by atoms with E-state index in [-0.39, 0.29) is 17.6 Å². The lowest BCUT2D eigenvalue weighted by molar-refractivity contribution is 0.475. The van der Waals surface area contributed by atoms with Crippen molar-refractivity contribution in [2.24, 2.45) is 0 Å². The van der Waals surface area contributed by atoms with Gasteiger partial charge in [0.05, 0.1) is 6.04 Å². The quantitative estimate of drug-likeness (QED) is 0.799. The monoisotopic (exact) mass is 289 g/mol. The zero-order chi connectivity index (χ0) is 14.1. The summed E-state index contributed by atoms with van der Waals surface area (Å²) in [4.78, 5) is 0.757. The molecule has 20 heavy (non-hydrogen) atoms. The van der Waals surface area contributed by atoms with Gasteiger partial charge >= 0.3 is 0 Å². The van der Waals surface area contributed by atoms with Gasteiger partial charge in [0.15, 0.2) is 0 Å². The van der Waals surface area contributed by atoms with Gasteiger partial charge in [0.1, 0.15) is 11.6 Å². The molecule has 3 rings (SSSR count). The molecule has 104 valence electrons. The molecule has 0 fully saturated rings. The number of aryl methyl sites for hydroxylation is 1. The van der Waals surface area contributed by atoms with Crippen molar-refractivity contribution in [3.63, 3.8) is 0 Å². The second kappa shape index (κ2) is 5.37. The predicted octanol–water partition coefficient (Wildman–Crippen LogP) is 4.49. The number of aromatic hydroxyl groups is 1. The minimum Gasteiger partial charge on any atom is -0.508 e. The van der Waals surface area contributed by atoms with Gasteiger partial charge in [-0.05, 0) is 48.7 Å². The van der Waals surface area contributed by atoms with Crippen molar-refractivity contribution < 1.29 is 9.50 Å². The van der Waals surface area contributed by atoms with E-state index in [9.17, 15) is 9.50 Å². The number of fused-ring (bicyclic) bond motifs is 1. The van der Waals surface area contributed by atoms with Crippen LogP contribution < -0.4 is 5.32 Å². The molecule has 0 aromatic heterocycles. The number of rotatable bonds is 2. The summed E-state index contributed by atoms with van der Waals surface area (Å²) in [6.45, 7) is 1.95. The molecule has 1 atom stereocenters. The Kier molecular flexibility index (Phi) is 3.57. The lowest BCUT2D eigenvalue weighted by Crippen LogP contribution is -2.17. The highest BCUT2D eigenvalue weighted by Gasteiger charge is 2.23. The SMILES string of the molecule is Cc1cc(O)ccc1NC1CCSc2c(F)cccc21. The summed E-state index contributed by atoms with van der Waals surface area (Å²) in [7, 11) is 0. The van der Waals surface area contributed by atoms with Gasteiger partial charge in [0.2, 0.25) is 0 Å². The summed E-state index contributed by atoms with van der Waals surface area (Å²) in [5.41, 5.74) is 2.99. The van der Waals surface area contributed by atoms with Crippen molar-refractivity contribution in [3.05, 3.63) is 53.3 Å². The number of thioether (sulfide) groups is 1. The van der Waals surface area contributed by atoms with E-state index in [2.05, 4.69) is 5.32 Å². The molecule has 4 heteroatoms. The highest BCUT2D eigenvalue weighted by atomic mass is 32.2. The number of phenols is 1. The van der Waals surface area contributed by atoms with Crippen LogP contribution in [0.2, 0.25) is 0 Å². The molecule has 0 bridgehead atoms. The van der Waals surface area contributed by atoms with Crippen molar-refractivity contribution in [2.45, 2.75) is 24.3 Å². The summed E-state index contributed by atoms with van der Waals surface area (Å²) >= 11 is 1.58. The first-order valence-electron chi connectivity index (χ1n) is 6.62. The maximum atomic E-state index is 13.8. The second-order valence-corrected chi connectivity index (χ2v) is 6.10. The average Bonchev–Trinajstić information content (AvgIpc) is 2.43. The minimum absolute atomic E-state index is 0.116. The summed E-state index contributed by atoms with van der Waals surface area (Å²) in [6, 6.07) is 10.6. The molecule has 0 saturated carbocycles. The molecular formula is C16H16FNOS. The molecule has 1 heterocycles. The Morgan fingerprint density at radius 3 is 2.95 bits per heavy atom. The van der Waals surface area contributed by atoms with E-state index in [1.807, 2.05) is 19.1 Å². The third-order valence-corrected chi connectivity index (χ3v) is 4.72. The van der Waals surface area contributed by atoms with Crippen LogP contribution in [0.1, 0.15) is 23.6 Å². The van der Waals surface area contributed by atoms with Gasteiger partial charge in [-0.15, -0.1) is 11.8 Å². The van der Waals surface area contributed by atoms with Crippen LogP contribution >= 0.6 is 11.8 Å². The maximum Gasteiger partial charge on any atom is 0.137 e. The van der Waals surface area contributed by atoms with E-state index in [1.54, 1.807) is 30.0 Å². The van der Waals surface area contributed by atoms with Crippen LogP contribution in [-0.4, -0.2) is 10.9 Å². The summed E-state index contributed by atoms with van der Waals surface area (Å²) in [6.07, 6.45) is 0.960. The molecule has 1 unspecified atom stereocenters. The highest BCUT2D eigenvalue weighted by Crippen LogP contribution is 2.39. The van der Waals surface area contributed by atoms with Crippen molar-refractivity contribution in [3.8, 4) is 5.75 Å². The van der Waals surface area contributed by atoms with Crippen LogP contribution in [0.25, 0.3) is 0 Å². The normalized spacial score (nSPS) is 17.6. The van der Waals surface area contributed by atoms with E-state index in [0.29, 0.717) is 0 Å². The summed E-state index contributed by atoms with van der Waals surface area (Å²) < 4.78 is 13.8. The van der Waals surface area contributed by atoms with Gasteiger partial charge in [0.25, 0.3) is 0 Å². The zero-order valence-electron chi connectivity index (χ0n) is 11.2. The van der Waals surface area contributed by atoms with Crippen LogP contribution in [0.5, 0.6) is 5.75 Å². The lowest BCUT2D eigenvalue weighted by Gasteiger charge is -2.27. The Labute approximate surface area is 122 Å². The molecule has 0 saturated heterocycles. The van der Waals surface area contributed by atoms with Gasteiger partial charge in [0, 0.05) is 16.3 Å². The number of nitrogens with one attached hydrogen (secondary N) is 1. The Balaban J connectivity index is 1.91. The number of anilines is 1. The first-order chi connectivity index (χ1) is 9.65. The first kappa shape index (κ1) is 13.3. The topological polar surface area (TPSA) is 32.3 Å². The number of phenolic OH excluding ortho intramolecular Hbond substituents is 1. The molecule has 2 nitrogen and oxygen atoms in total. The van der Waals surface area contributed by atoms with Gasteiger partial charge in [-0.1, -0.05) is 12.1 Å². The Morgan fingerprint density at radius 1 is 1.30 bits per heavy atom. The Hall–Kier alpha value is -1.68. The third kappa shape index (κ3) is 2.48. The van der Waals surface area contributed by atoms with Crippen LogP contribution in [0.4, 0.5) is 10.1 Å². The fourth-order valence-electron chi connectivity index (χ4n) is 2.53. The minimum atomic E-state index is -0.138. The Bertz CT molecular complexity index is 644. The van der Waals surface area contributed by atoms with Gasteiger partial charge < -0.3 is 10.4 Å². The number of benzene rings is 2. The van der Waals surface area contributed by atoms with Gasteiger partial charge in [-0.3, -0.25) is 0 Å². The fraction of sp³-hybridized carbons (Fsp3) is 0.250. The van der Waals surface area contributed by atoms with E-state index in [4.69, 9.17) is 0 Å². The molecule has 2 aromatic carbocycles. The molecule has 0 aliphatic carbocycles. The molecule has 1 aliphatic rings. The smallest absolute Gasteiger partial charge is 0.137 e. The van der Waals surface area contributed by atoms with Crippen LogP contribution in [0.15, 0.2) is 41.3 Å². The van der Waals surface area contributed by atoms with Gasteiger partial charge in [-0.2, -0.15) is 0 Å². The summed E-state index contributed by atoms with van der Waals surface area (Å²) in [5.74, 6) is 1.03. The molecule has 0 radical (unpaired) electrons. The molecule has 2 N–H and O–H groups in total. The zero-order valence-corrected chi connectivity index (χ0v) is 12.0. The number of halogens is 1.